The summed E-state index contributed by atoms with van der Waals surface area (Å²) in [6.45, 7) is 3.44. The quantitative estimate of drug-likeness (QED) is 0.0200. The number of carbonyl (C=O) groups is 1. The van der Waals surface area contributed by atoms with Crippen LogP contribution in [0.1, 0.15) is 149 Å². The van der Waals surface area contributed by atoms with Gasteiger partial charge in [0, 0.05) is 13.0 Å². The zero-order chi connectivity index (χ0) is 46.6. The van der Waals surface area contributed by atoms with Crippen LogP contribution in [0.4, 0.5) is 0 Å². The Morgan fingerprint density at radius 3 is 1.56 bits per heavy atom. The van der Waals surface area contributed by atoms with Gasteiger partial charge in [-0.2, -0.15) is 0 Å². The molecular formula is C50H86O14. The number of hydrogen-bond acceptors (Lipinski definition) is 14. The van der Waals surface area contributed by atoms with Crippen LogP contribution in [0.15, 0.2) is 60.8 Å². The van der Waals surface area contributed by atoms with E-state index in [9.17, 15) is 40.5 Å². The van der Waals surface area contributed by atoms with Crippen molar-refractivity contribution >= 4 is 5.97 Å². The third-order valence-electron chi connectivity index (χ3n) is 11.3. The third kappa shape index (κ3) is 25.6. The molecule has 0 aromatic rings. The molecule has 2 heterocycles. The first-order chi connectivity index (χ1) is 31.1. The van der Waals surface area contributed by atoms with Crippen molar-refractivity contribution in [2.24, 2.45) is 0 Å². The Kier molecular flexibility index (Phi) is 34.1. The summed E-state index contributed by atoms with van der Waals surface area (Å²) in [7, 11) is 0. The molecule has 0 aromatic carbocycles. The predicted molar refractivity (Wildman–Crippen MR) is 247 cm³/mol. The van der Waals surface area contributed by atoms with Crippen molar-refractivity contribution in [2.75, 3.05) is 33.0 Å². The smallest absolute Gasteiger partial charge is 0.306 e. The largest absolute Gasteiger partial charge is 0.457 e. The van der Waals surface area contributed by atoms with Gasteiger partial charge in [-0.3, -0.25) is 4.79 Å². The van der Waals surface area contributed by atoms with Crippen LogP contribution in [0.5, 0.6) is 0 Å². The molecule has 11 unspecified atom stereocenters. The van der Waals surface area contributed by atoms with E-state index in [2.05, 4.69) is 74.6 Å². The van der Waals surface area contributed by atoms with E-state index in [0.717, 1.165) is 70.6 Å². The normalized spacial score (nSPS) is 27.3. The maximum atomic E-state index is 13.0. The van der Waals surface area contributed by atoms with Crippen molar-refractivity contribution in [2.45, 2.75) is 216 Å². The highest BCUT2D eigenvalue weighted by molar-refractivity contribution is 5.69. The number of allylic oxidation sites excluding steroid dienone is 10. The van der Waals surface area contributed by atoms with E-state index in [1.807, 2.05) is 0 Å². The van der Waals surface area contributed by atoms with Gasteiger partial charge in [0.05, 0.1) is 26.4 Å². The average molecular weight is 911 g/mol. The van der Waals surface area contributed by atoms with Gasteiger partial charge in [-0.1, -0.05) is 145 Å². The molecule has 0 saturated carbocycles. The fraction of sp³-hybridized carbons (Fsp3) is 0.780. The minimum Gasteiger partial charge on any atom is -0.457 e. The van der Waals surface area contributed by atoms with Crippen LogP contribution < -0.4 is 0 Å². The van der Waals surface area contributed by atoms with Gasteiger partial charge < -0.3 is 64.2 Å². The van der Waals surface area contributed by atoms with Crippen LogP contribution in [-0.4, -0.2) is 142 Å². The summed E-state index contributed by atoms with van der Waals surface area (Å²) in [5.41, 5.74) is 0. The number of hydrogen-bond donors (Lipinski definition) is 7. The lowest BCUT2D eigenvalue weighted by Gasteiger charge is -2.42. The number of aliphatic hydroxyl groups excluding tert-OH is 7. The van der Waals surface area contributed by atoms with Gasteiger partial charge in [0.25, 0.3) is 0 Å². The lowest BCUT2D eigenvalue weighted by molar-refractivity contribution is -0.332. The zero-order valence-corrected chi connectivity index (χ0v) is 39.0. The molecule has 2 fully saturated rings. The first-order valence-corrected chi connectivity index (χ1v) is 24.4. The summed E-state index contributed by atoms with van der Waals surface area (Å²) in [5.74, 6) is -0.394. The Labute approximate surface area is 384 Å². The average Bonchev–Trinajstić information content (AvgIpc) is 3.29. The summed E-state index contributed by atoms with van der Waals surface area (Å²) in [5, 5.41) is 72.0. The SMILES string of the molecule is CC/C=C\C/C=C\C/C=C\C/C=C\C/C=C\CCCCOCC(COC1OC(COC2OC(CO)C(O)C(O)C2O)C(O)C(O)C1O)OC(=O)CCCCCCCCCCCCCC. The van der Waals surface area contributed by atoms with E-state index >= 15 is 0 Å². The van der Waals surface area contributed by atoms with Gasteiger partial charge in [-0.15, -0.1) is 0 Å². The van der Waals surface area contributed by atoms with E-state index in [-0.39, 0.29) is 19.6 Å². The lowest BCUT2D eigenvalue weighted by Crippen LogP contribution is -2.61. The Morgan fingerprint density at radius 1 is 0.531 bits per heavy atom. The molecule has 0 radical (unpaired) electrons. The molecule has 2 aliphatic rings. The maximum Gasteiger partial charge on any atom is 0.306 e. The molecule has 14 nitrogen and oxygen atoms in total. The molecule has 11 atom stereocenters. The summed E-state index contributed by atoms with van der Waals surface area (Å²) in [6.07, 6.45) is 27.2. The van der Waals surface area contributed by atoms with E-state index in [4.69, 9.17) is 28.4 Å². The summed E-state index contributed by atoms with van der Waals surface area (Å²) < 4.78 is 34.1. The lowest BCUT2D eigenvalue weighted by atomic mass is 9.98. The Balaban J connectivity index is 1.81. The van der Waals surface area contributed by atoms with Gasteiger partial charge in [0.2, 0.25) is 0 Å². The van der Waals surface area contributed by atoms with Crippen LogP contribution in [0, 0.1) is 0 Å². The number of ether oxygens (including phenoxy) is 6. The molecule has 2 saturated heterocycles. The maximum absolute atomic E-state index is 13.0. The van der Waals surface area contributed by atoms with Crippen molar-refractivity contribution in [3.8, 4) is 0 Å². The molecule has 370 valence electrons. The fourth-order valence-corrected chi connectivity index (χ4v) is 7.31. The van der Waals surface area contributed by atoms with Gasteiger partial charge in [-0.05, 0) is 57.8 Å². The molecule has 64 heavy (non-hydrogen) atoms. The molecule has 0 aromatic heterocycles. The van der Waals surface area contributed by atoms with Crippen LogP contribution in [-0.2, 0) is 33.2 Å². The van der Waals surface area contributed by atoms with E-state index in [1.54, 1.807) is 0 Å². The molecule has 0 amide bonds. The molecule has 7 N–H and O–H groups in total. The van der Waals surface area contributed by atoms with Crippen molar-refractivity contribution in [1.82, 2.24) is 0 Å². The Hall–Kier alpha value is -2.31. The molecule has 14 heteroatoms. The second kappa shape index (κ2) is 37.7. The van der Waals surface area contributed by atoms with Crippen molar-refractivity contribution in [3.05, 3.63) is 60.8 Å². The van der Waals surface area contributed by atoms with Gasteiger partial charge >= 0.3 is 5.97 Å². The van der Waals surface area contributed by atoms with E-state index < -0.39 is 86.7 Å². The Morgan fingerprint density at radius 2 is 1.02 bits per heavy atom. The summed E-state index contributed by atoms with van der Waals surface area (Å²) in [6, 6.07) is 0. The molecule has 2 rings (SSSR count). The van der Waals surface area contributed by atoms with Gasteiger partial charge in [0.15, 0.2) is 12.6 Å². The minimum absolute atomic E-state index is 0.0312. The molecule has 0 spiro atoms. The topological polar surface area (TPSA) is 214 Å². The van der Waals surface area contributed by atoms with Crippen molar-refractivity contribution in [1.29, 1.82) is 0 Å². The first-order valence-electron chi connectivity index (χ1n) is 24.4. The second-order valence-electron chi connectivity index (χ2n) is 16.9. The van der Waals surface area contributed by atoms with Crippen LogP contribution in [0.3, 0.4) is 0 Å². The standard InChI is InChI=1S/C50H86O14/c1-3-5-7-9-11-13-15-17-18-19-20-21-22-24-26-28-30-32-34-59-36-39(62-42(52)33-31-29-27-25-23-16-14-12-10-8-6-4-2)37-60-49-48(58)46(56)44(54)41(64-49)38-61-50-47(57)45(55)43(53)40(35-51)63-50/h5,7,11,13,17-18,20-21,24,26,39-41,43-51,53-58H,3-4,6,8-10,12,14-16,19,22-23,25,27-38H2,1-2H3/b7-5-,13-11-,18-17-,21-20-,26-24-. The monoisotopic (exact) mass is 911 g/mol. The predicted octanol–water partition coefficient (Wildman–Crippen LogP) is 6.57. The van der Waals surface area contributed by atoms with Gasteiger partial charge in [-0.25, -0.2) is 0 Å². The number of rotatable bonds is 37. The minimum atomic E-state index is -1.71. The molecule has 2 aliphatic heterocycles. The number of unbranched alkanes of at least 4 members (excludes halogenated alkanes) is 13. The van der Waals surface area contributed by atoms with Crippen LogP contribution in [0.25, 0.3) is 0 Å². The first kappa shape index (κ1) is 57.8. The summed E-state index contributed by atoms with van der Waals surface area (Å²) >= 11 is 0. The van der Waals surface area contributed by atoms with Crippen LogP contribution in [0.2, 0.25) is 0 Å². The molecule has 0 aliphatic carbocycles. The zero-order valence-electron chi connectivity index (χ0n) is 39.0. The summed E-state index contributed by atoms with van der Waals surface area (Å²) in [4.78, 5) is 13.0. The highest BCUT2D eigenvalue weighted by Gasteiger charge is 2.47. The number of carbonyl (C=O) groups excluding carboxylic acids is 1. The van der Waals surface area contributed by atoms with Gasteiger partial charge in [0.1, 0.15) is 54.9 Å². The van der Waals surface area contributed by atoms with Crippen molar-refractivity contribution < 1.29 is 69.0 Å². The van der Waals surface area contributed by atoms with Crippen molar-refractivity contribution in [3.63, 3.8) is 0 Å². The van der Waals surface area contributed by atoms with E-state index in [0.29, 0.717) is 13.0 Å². The second-order valence-corrected chi connectivity index (χ2v) is 16.9. The number of aliphatic hydroxyl groups is 7. The highest BCUT2D eigenvalue weighted by atomic mass is 16.7. The fourth-order valence-electron chi connectivity index (χ4n) is 7.31. The number of esters is 1. The molecule has 0 bridgehead atoms. The van der Waals surface area contributed by atoms with Crippen LogP contribution >= 0.6 is 0 Å². The Bertz CT molecular complexity index is 1290. The third-order valence-corrected chi connectivity index (χ3v) is 11.3. The highest BCUT2D eigenvalue weighted by Crippen LogP contribution is 2.26. The molecular weight excluding hydrogens is 825 g/mol. The van der Waals surface area contributed by atoms with E-state index in [1.165, 1.54) is 51.4 Å².